The van der Waals surface area contributed by atoms with Crippen molar-refractivity contribution >= 4 is 28.6 Å². The van der Waals surface area contributed by atoms with Crippen LogP contribution < -0.4 is 10.2 Å². The quantitative estimate of drug-likeness (QED) is 0.666. The topological polar surface area (TPSA) is 56.1 Å². The number of hydrogen-bond acceptors (Lipinski definition) is 4. The summed E-state index contributed by atoms with van der Waals surface area (Å²) in [6.45, 7) is 1.36. The predicted octanol–water partition coefficient (Wildman–Crippen LogP) is 4.66. The van der Waals surface area contributed by atoms with Crippen molar-refractivity contribution in [2.75, 3.05) is 16.8 Å². The van der Waals surface area contributed by atoms with Gasteiger partial charge in [0, 0.05) is 25.2 Å². The van der Waals surface area contributed by atoms with Crippen molar-refractivity contribution in [3.05, 3.63) is 82.6 Å². The highest BCUT2D eigenvalue weighted by molar-refractivity contribution is 7.07. The zero-order valence-corrected chi connectivity index (χ0v) is 15.1. The zero-order chi connectivity index (χ0) is 18.2. The summed E-state index contributed by atoms with van der Waals surface area (Å²) in [6, 6.07) is 21.3. The van der Waals surface area contributed by atoms with Crippen molar-refractivity contribution < 1.29 is 4.79 Å². The molecular formula is C21H19N3OS. The number of hydrogen-bond donors (Lipinski definition) is 1. The number of nitrogens with one attached hydrogen (secondary N) is 1. The maximum absolute atomic E-state index is 12.4. The normalized spacial score (nSPS) is 10.1. The lowest BCUT2D eigenvalue weighted by Gasteiger charge is -2.24. The molecule has 0 atom stereocenters. The summed E-state index contributed by atoms with van der Waals surface area (Å²) in [4.78, 5) is 14.6. The van der Waals surface area contributed by atoms with Gasteiger partial charge < -0.3 is 10.2 Å². The van der Waals surface area contributed by atoms with Crippen LogP contribution in [0.4, 0.5) is 11.4 Å². The van der Waals surface area contributed by atoms with Crippen molar-refractivity contribution in [3.8, 4) is 6.07 Å². The Hall–Kier alpha value is -3.10. The minimum atomic E-state index is -0.0982. The van der Waals surface area contributed by atoms with E-state index in [0.717, 1.165) is 12.2 Å². The largest absolute Gasteiger partial charge is 0.367 e. The number of thiophene rings is 1. The Morgan fingerprint density at radius 2 is 1.85 bits per heavy atom. The van der Waals surface area contributed by atoms with Crippen LogP contribution in [0, 0.1) is 11.3 Å². The van der Waals surface area contributed by atoms with Gasteiger partial charge in [-0.25, -0.2) is 0 Å². The molecule has 0 aliphatic carbocycles. The van der Waals surface area contributed by atoms with Crippen LogP contribution in [0.2, 0.25) is 0 Å². The molecule has 0 fully saturated rings. The highest BCUT2D eigenvalue weighted by Crippen LogP contribution is 2.19. The van der Waals surface area contributed by atoms with Gasteiger partial charge in [0.2, 0.25) is 5.91 Å². The number of rotatable bonds is 7. The van der Waals surface area contributed by atoms with E-state index in [-0.39, 0.29) is 5.91 Å². The number of nitrogens with zero attached hydrogens (tertiary/aromatic N) is 2. The fourth-order valence-electron chi connectivity index (χ4n) is 2.68. The number of benzene rings is 2. The summed E-state index contributed by atoms with van der Waals surface area (Å²) in [6.07, 6.45) is 0.346. The molecular weight excluding hydrogens is 342 g/mol. The molecule has 0 aliphatic rings. The summed E-state index contributed by atoms with van der Waals surface area (Å²) in [5, 5.41) is 16.2. The zero-order valence-electron chi connectivity index (χ0n) is 14.3. The number of para-hydroxylation sites is 2. The Morgan fingerprint density at radius 3 is 2.58 bits per heavy atom. The fourth-order valence-corrected chi connectivity index (χ4v) is 3.34. The first-order valence-corrected chi connectivity index (χ1v) is 9.30. The van der Waals surface area contributed by atoms with E-state index in [9.17, 15) is 4.79 Å². The average Bonchev–Trinajstić information content (AvgIpc) is 3.19. The fraction of sp³-hybridized carbons (Fsp3) is 0.143. The first-order chi connectivity index (χ1) is 12.8. The van der Waals surface area contributed by atoms with Crippen LogP contribution in [0.1, 0.15) is 17.5 Å². The van der Waals surface area contributed by atoms with Crippen LogP contribution >= 0.6 is 11.3 Å². The molecule has 3 rings (SSSR count). The Morgan fingerprint density at radius 1 is 1.08 bits per heavy atom. The van der Waals surface area contributed by atoms with Crippen molar-refractivity contribution in [2.45, 2.75) is 13.0 Å². The third-order valence-electron chi connectivity index (χ3n) is 4.01. The van der Waals surface area contributed by atoms with Crippen LogP contribution in [0.5, 0.6) is 0 Å². The molecule has 0 aliphatic heterocycles. The van der Waals surface area contributed by atoms with Crippen LogP contribution in [0.15, 0.2) is 71.4 Å². The van der Waals surface area contributed by atoms with Crippen molar-refractivity contribution in [1.82, 2.24) is 0 Å². The molecule has 0 unspecified atom stereocenters. The van der Waals surface area contributed by atoms with Gasteiger partial charge in [0.15, 0.2) is 0 Å². The molecule has 0 bridgehead atoms. The molecule has 0 radical (unpaired) electrons. The number of carbonyl (C=O) groups is 1. The van der Waals surface area contributed by atoms with E-state index in [4.69, 9.17) is 5.26 Å². The van der Waals surface area contributed by atoms with Gasteiger partial charge in [-0.05, 0) is 46.7 Å². The van der Waals surface area contributed by atoms with Gasteiger partial charge in [-0.3, -0.25) is 4.79 Å². The predicted molar refractivity (Wildman–Crippen MR) is 106 cm³/mol. The van der Waals surface area contributed by atoms with E-state index in [0.29, 0.717) is 24.2 Å². The maximum atomic E-state index is 12.4. The maximum Gasteiger partial charge on any atom is 0.226 e. The Bertz CT molecular complexity index is 885. The van der Waals surface area contributed by atoms with Gasteiger partial charge in [0.05, 0.1) is 11.3 Å². The van der Waals surface area contributed by atoms with E-state index in [1.165, 1.54) is 5.56 Å². The smallest absolute Gasteiger partial charge is 0.226 e. The molecule has 0 saturated carbocycles. The van der Waals surface area contributed by atoms with Gasteiger partial charge in [-0.1, -0.05) is 30.3 Å². The molecule has 0 saturated heterocycles. The second-order valence-electron chi connectivity index (χ2n) is 5.84. The average molecular weight is 361 g/mol. The summed E-state index contributed by atoms with van der Waals surface area (Å²) >= 11 is 1.67. The van der Waals surface area contributed by atoms with E-state index in [1.54, 1.807) is 29.5 Å². The molecule has 130 valence electrons. The van der Waals surface area contributed by atoms with Gasteiger partial charge in [0.25, 0.3) is 0 Å². The van der Waals surface area contributed by atoms with Crippen LogP contribution in [0.25, 0.3) is 0 Å². The lowest BCUT2D eigenvalue weighted by molar-refractivity contribution is -0.116. The summed E-state index contributed by atoms with van der Waals surface area (Å²) in [5.74, 6) is -0.0982. The molecule has 2 aromatic carbocycles. The van der Waals surface area contributed by atoms with Gasteiger partial charge in [-0.15, -0.1) is 0 Å². The molecule has 1 heterocycles. The minimum absolute atomic E-state index is 0.0982. The van der Waals surface area contributed by atoms with Crippen molar-refractivity contribution in [2.24, 2.45) is 0 Å². The van der Waals surface area contributed by atoms with Crippen molar-refractivity contribution in [3.63, 3.8) is 0 Å². The molecule has 5 heteroatoms. The highest BCUT2D eigenvalue weighted by atomic mass is 32.1. The van der Waals surface area contributed by atoms with Gasteiger partial charge in [-0.2, -0.15) is 16.6 Å². The molecule has 0 spiro atoms. The molecule has 26 heavy (non-hydrogen) atoms. The molecule has 3 aromatic rings. The lowest BCUT2D eigenvalue weighted by Crippen LogP contribution is -2.27. The summed E-state index contributed by atoms with van der Waals surface area (Å²) in [7, 11) is 0. The first kappa shape index (κ1) is 17.7. The lowest BCUT2D eigenvalue weighted by atomic mass is 10.2. The second-order valence-corrected chi connectivity index (χ2v) is 6.62. The second kappa shape index (κ2) is 8.84. The minimum Gasteiger partial charge on any atom is -0.367 e. The number of carbonyl (C=O) groups excluding carboxylic acids is 1. The van der Waals surface area contributed by atoms with Crippen molar-refractivity contribution in [1.29, 1.82) is 5.26 Å². The monoisotopic (exact) mass is 361 g/mol. The Balaban J connectivity index is 1.65. The van der Waals surface area contributed by atoms with E-state index in [2.05, 4.69) is 45.2 Å². The molecule has 1 N–H and O–H groups in total. The molecule has 1 amide bonds. The van der Waals surface area contributed by atoms with E-state index >= 15 is 0 Å². The first-order valence-electron chi connectivity index (χ1n) is 8.36. The van der Waals surface area contributed by atoms with E-state index in [1.807, 2.05) is 24.3 Å². The number of anilines is 2. The SMILES string of the molecule is N#Cc1ccccc1NC(=O)CCN(Cc1ccsc1)c1ccccc1. The van der Waals surface area contributed by atoms with Gasteiger partial charge in [0.1, 0.15) is 6.07 Å². The summed E-state index contributed by atoms with van der Waals surface area (Å²) < 4.78 is 0. The molecule has 1 aromatic heterocycles. The van der Waals surface area contributed by atoms with Gasteiger partial charge >= 0.3 is 0 Å². The number of nitriles is 1. The van der Waals surface area contributed by atoms with Crippen LogP contribution in [-0.4, -0.2) is 12.5 Å². The number of amides is 1. The standard InChI is InChI=1S/C21H19N3OS/c22-14-18-6-4-5-9-20(18)23-21(25)10-12-24(15-17-11-13-26-16-17)19-7-2-1-3-8-19/h1-9,11,13,16H,10,12,15H2,(H,23,25). The third kappa shape index (κ3) is 4.71. The highest BCUT2D eigenvalue weighted by Gasteiger charge is 2.12. The molecule has 4 nitrogen and oxygen atoms in total. The van der Waals surface area contributed by atoms with E-state index < -0.39 is 0 Å². The summed E-state index contributed by atoms with van der Waals surface area (Å²) in [5.41, 5.74) is 3.35. The Labute approximate surface area is 157 Å². The third-order valence-corrected chi connectivity index (χ3v) is 4.74. The Kier molecular flexibility index (Phi) is 6.02. The van der Waals surface area contributed by atoms with Crippen LogP contribution in [0.3, 0.4) is 0 Å². The van der Waals surface area contributed by atoms with Crippen LogP contribution in [-0.2, 0) is 11.3 Å².